The van der Waals surface area contributed by atoms with Crippen molar-refractivity contribution in [1.29, 1.82) is 0 Å². The number of halogens is 1. The molecule has 178 valence electrons. The zero-order chi connectivity index (χ0) is 24.0. The summed E-state index contributed by atoms with van der Waals surface area (Å²) in [5.41, 5.74) is 5.48. The van der Waals surface area contributed by atoms with Gasteiger partial charge in [0.2, 0.25) is 0 Å². The van der Waals surface area contributed by atoms with E-state index in [1.54, 1.807) is 17.0 Å². The quantitative estimate of drug-likeness (QED) is 0.449. The van der Waals surface area contributed by atoms with Gasteiger partial charge in [-0.25, -0.2) is 4.39 Å². The van der Waals surface area contributed by atoms with E-state index < -0.39 is 17.8 Å². The van der Waals surface area contributed by atoms with Gasteiger partial charge in [-0.3, -0.25) is 19.3 Å². The Labute approximate surface area is 200 Å². The fourth-order valence-electron chi connectivity index (χ4n) is 5.24. The third-order valence-electron chi connectivity index (χ3n) is 7.33. The second kappa shape index (κ2) is 8.84. The molecule has 1 aliphatic heterocycles. The van der Waals surface area contributed by atoms with E-state index in [0.29, 0.717) is 17.6 Å². The number of ketones is 1. The molecule has 1 saturated carbocycles. The van der Waals surface area contributed by atoms with Crippen molar-refractivity contribution in [1.82, 2.24) is 10.2 Å². The summed E-state index contributed by atoms with van der Waals surface area (Å²) in [6.45, 7) is 3.67. The minimum Gasteiger partial charge on any atom is -0.342 e. The van der Waals surface area contributed by atoms with Gasteiger partial charge in [0.25, 0.3) is 11.8 Å². The number of fused-ring (bicyclic) bond motifs is 1. The molecular weight excluding hydrogens is 431 g/mol. The number of rotatable bonds is 7. The van der Waals surface area contributed by atoms with Crippen molar-refractivity contribution in [2.45, 2.75) is 64.3 Å². The number of nitrogens with zero attached hydrogens (tertiary/aromatic N) is 1. The molecule has 0 unspecified atom stereocenters. The van der Waals surface area contributed by atoms with Crippen molar-refractivity contribution in [2.24, 2.45) is 11.8 Å². The summed E-state index contributed by atoms with van der Waals surface area (Å²) in [6, 6.07) is 4.21. The largest absolute Gasteiger partial charge is 0.342 e. The Kier molecular flexibility index (Phi) is 5.86. The predicted octanol–water partition coefficient (Wildman–Crippen LogP) is 5.17. The lowest BCUT2D eigenvalue weighted by Gasteiger charge is -2.31. The number of allylic oxidation sites excluding steroid dienone is 2. The lowest BCUT2D eigenvalue weighted by Crippen LogP contribution is -2.48. The number of nitrogens with one attached hydrogen (secondary N) is 1. The molecule has 1 atom stereocenters. The van der Waals surface area contributed by atoms with Crippen molar-refractivity contribution >= 4 is 17.6 Å². The zero-order valence-electron chi connectivity index (χ0n) is 19.6. The fourth-order valence-corrected chi connectivity index (χ4v) is 5.24. The first-order chi connectivity index (χ1) is 16.4. The molecule has 6 heteroatoms. The van der Waals surface area contributed by atoms with Gasteiger partial charge in [0.05, 0.1) is 28.6 Å². The summed E-state index contributed by atoms with van der Waals surface area (Å²) in [6.07, 6.45) is 11.2. The Morgan fingerprint density at radius 2 is 1.79 bits per heavy atom. The molecule has 0 bridgehead atoms. The molecule has 5 rings (SSSR count). The number of hydrogen-bond acceptors (Lipinski definition) is 3. The maximum absolute atomic E-state index is 15.5. The Morgan fingerprint density at radius 3 is 2.38 bits per heavy atom. The van der Waals surface area contributed by atoms with Crippen LogP contribution in [0, 0.1) is 17.7 Å². The van der Waals surface area contributed by atoms with E-state index in [2.05, 4.69) is 11.0 Å². The molecule has 1 aromatic rings. The number of carbonyl (C=O) groups excluding carboxylic acids is 3. The van der Waals surface area contributed by atoms with Crippen LogP contribution in [0.5, 0.6) is 0 Å². The van der Waals surface area contributed by atoms with E-state index in [4.69, 9.17) is 0 Å². The third kappa shape index (κ3) is 3.97. The Bertz CT molecular complexity index is 1180. The van der Waals surface area contributed by atoms with Gasteiger partial charge in [-0.05, 0) is 48.6 Å². The average molecular weight is 463 g/mol. The summed E-state index contributed by atoms with van der Waals surface area (Å²) in [7, 11) is 0. The highest BCUT2D eigenvalue weighted by Crippen LogP contribution is 2.49. The van der Waals surface area contributed by atoms with Crippen LogP contribution >= 0.6 is 0 Å². The molecular formula is C28H31FN2O3. The summed E-state index contributed by atoms with van der Waals surface area (Å²) in [5.74, 6) is -1.64. The van der Waals surface area contributed by atoms with Gasteiger partial charge in [-0.1, -0.05) is 45.2 Å². The topological polar surface area (TPSA) is 66.2 Å². The Morgan fingerprint density at radius 1 is 1.12 bits per heavy atom. The molecule has 2 fully saturated rings. The second-order valence-electron chi connectivity index (χ2n) is 9.92. The van der Waals surface area contributed by atoms with Gasteiger partial charge in [0, 0.05) is 19.7 Å². The molecule has 1 saturated heterocycles. The van der Waals surface area contributed by atoms with Crippen LogP contribution in [0.4, 0.5) is 4.39 Å². The van der Waals surface area contributed by atoms with Crippen molar-refractivity contribution < 1.29 is 20.2 Å². The van der Waals surface area contributed by atoms with Crippen LogP contribution in [0.2, 0.25) is 0 Å². The minimum atomic E-state index is -0.589. The highest BCUT2D eigenvalue weighted by Gasteiger charge is 2.45. The molecule has 3 aliphatic carbocycles. The zero-order valence-corrected chi connectivity index (χ0v) is 19.6. The average Bonchev–Trinajstić information content (AvgIpc) is 3.30. The van der Waals surface area contributed by atoms with Crippen molar-refractivity contribution in [3.63, 3.8) is 0 Å². The first-order valence-electron chi connectivity index (χ1n) is 12.2. The molecule has 1 N–H and O–H groups in total. The van der Waals surface area contributed by atoms with Crippen LogP contribution in [-0.2, 0) is 9.59 Å². The summed E-state index contributed by atoms with van der Waals surface area (Å²) in [4.78, 5) is 40.0. The molecule has 5 nitrogen and oxygen atoms in total. The van der Waals surface area contributed by atoms with E-state index in [-0.39, 0.29) is 36.4 Å². The number of Topliss-reactive ketones (excluding diaryl/α,β-unsaturated/α-hetero) is 1. The van der Waals surface area contributed by atoms with E-state index >= 15 is 4.39 Å². The molecule has 2 amide bonds. The fraction of sp³-hybridized carbons (Fsp3) is 0.429. The maximum Gasteiger partial charge on any atom is 0.266 e. The third-order valence-corrected chi connectivity index (χ3v) is 7.33. The number of amides is 2. The number of benzene rings is 1. The number of carbonyl (C=O) groups is 3. The normalized spacial score (nSPS) is 20.2. The SMILES string of the molecule is CC(C)C(=O)[C@H](NC(=O)c1cccc(C2C=C3C(=C2)N3C(=O)C2=C=CC2)c1F)C1CCCCC1.[HH]. The van der Waals surface area contributed by atoms with Crippen LogP contribution in [0.15, 0.2) is 59.1 Å². The molecule has 1 heterocycles. The van der Waals surface area contributed by atoms with Crippen LogP contribution in [0.25, 0.3) is 0 Å². The van der Waals surface area contributed by atoms with Gasteiger partial charge >= 0.3 is 0 Å². The molecule has 0 spiro atoms. The Hall–Kier alpha value is -3.24. The second-order valence-corrected chi connectivity index (χ2v) is 9.92. The Balaban J connectivity index is 0.00000289. The van der Waals surface area contributed by atoms with Gasteiger partial charge in [0.15, 0.2) is 5.78 Å². The highest BCUT2D eigenvalue weighted by molar-refractivity contribution is 6.02. The summed E-state index contributed by atoms with van der Waals surface area (Å²) in [5, 5.41) is 2.88. The van der Waals surface area contributed by atoms with Crippen molar-refractivity contribution in [3.05, 3.63) is 76.1 Å². The predicted molar refractivity (Wildman–Crippen MR) is 128 cm³/mol. The standard InChI is InChI=1S/C28H29FN2O3.H2/c1-16(2)26(32)25(17-8-4-3-5-9-17)30-27(33)21-13-7-12-20(24(21)29)19-14-22-23(15-19)31(22)28(34)18-10-6-11-18;/h6-7,12-17,19,25H,3-5,8-10H2,1-2H3,(H,30,33);1H/t19?,25-,31?;/m1./s1. The smallest absolute Gasteiger partial charge is 0.266 e. The molecule has 0 aromatic heterocycles. The van der Waals surface area contributed by atoms with E-state index in [1.807, 2.05) is 32.1 Å². The maximum atomic E-state index is 15.5. The van der Waals surface area contributed by atoms with Crippen LogP contribution < -0.4 is 5.32 Å². The molecule has 0 radical (unpaired) electrons. The van der Waals surface area contributed by atoms with Crippen LogP contribution in [0.3, 0.4) is 0 Å². The summed E-state index contributed by atoms with van der Waals surface area (Å²) >= 11 is 0. The lowest BCUT2D eigenvalue weighted by molar-refractivity contribution is -0.125. The van der Waals surface area contributed by atoms with Crippen molar-refractivity contribution in [2.75, 3.05) is 0 Å². The number of hydrogen-bond donors (Lipinski definition) is 1. The van der Waals surface area contributed by atoms with Gasteiger partial charge in [0.1, 0.15) is 5.82 Å². The first kappa shape index (κ1) is 22.5. The van der Waals surface area contributed by atoms with E-state index in [9.17, 15) is 14.4 Å². The lowest BCUT2D eigenvalue weighted by atomic mass is 9.80. The van der Waals surface area contributed by atoms with Crippen molar-refractivity contribution in [3.8, 4) is 0 Å². The minimum absolute atomic E-state index is 0. The van der Waals surface area contributed by atoms with Gasteiger partial charge in [-0.2, -0.15) is 0 Å². The monoisotopic (exact) mass is 462 g/mol. The molecule has 4 aliphatic rings. The first-order valence-corrected chi connectivity index (χ1v) is 12.2. The highest BCUT2D eigenvalue weighted by atomic mass is 19.1. The van der Waals surface area contributed by atoms with E-state index in [1.165, 1.54) is 6.07 Å². The van der Waals surface area contributed by atoms with Gasteiger partial charge in [-0.15, -0.1) is 5.73 Å². The van der Waals surface area contributed by atoms with E-state index in [0.717, 1.165) is 43.5 Å². The summed E-state index contributed by atoms with van der Waals surface area (Å²) < 4.78 is 15.5. The van der Waals surface area contributed by atoms with Crippen LogP contribution in [0.1, 0.15) is 75.6 Å². The van der Waals surface area contributed by atoms with Gasteiger partial charge < -0.3 is 5.32 Å². The molecule has 1 aromatic carbocycles. The van der Waals surface area contributed by atoms with Crippen LogP contribution in [-0.4, -0.2) is 28.5 Å². The molecule has 34 heavy (non-hydrogen) atoms.